The molecular formula is C14H18N2O4. The zero-order valence-electron chi connectivity index (χ0n) is 11.3. The molecule has 0 fully saturated rings. The molecule has 1 aromatic carbocycles. The lowest BCUT2D eigenvalue weighted by molar-refractivity contribution is -0.129. The van der Waals surface area contributed by atoms with Crippen LogP contribution in [0.1, 0.15) is 13.3 Å². The van der Waals surface area contributed by atoms with Gasteiger partial charge < -0.3 is 15.2 Å². The van der Waals surface area contributed by atoms with Gasteiger partial charge in [-0.1, -0.05) is 19.1 Å². The fourth-order valence-corrected chi connectivity index (χ4v) is 2.09. The Morgan fingerprint density at radius 3 is 2.90 bits per heavy atom. The zero-order chi connectivity index (χ0) is 14.5. The van der Waals surface area contributed by atoms with Gasteiger partial charge in [-0.15, -0.1) is 0 Å². The van der Waals surface area contributed by atoms with Gasteiger partial charge in [0.05, 0.1) is 12.3 Å². The summed E-state index contributed by atoms with van der Waals surface area (Å²) < 4.78 is 5.62. The fraction of sp³-hybridized carbons (Fsp3) is 0.429. The Kier molecular flexibility index (Phi) is 4.57. The number of rotatable bonds is 5. The first-order valence-corrected chi connectivity index (χ1v) is 6.62. The molecule has 1 aliphatic rings. The Morgan fingerprint density at radius 2 is 2.20 bits per heavy atom. The van der Waals surface area contributed by atoms with E-state index in [-0.39, 0.29) is 31.5 Å². The van der Waals surface area contributed by atoms with Crippen molar-refractivity contribution in [1.29, 1.82) is 0 Å². The third kappa shape index (κ3) is 2.91. The lowest BCUT2D eigenvalue weighted by atomic mass is 10.1. The summed E-state index contributed by atoms with van der Waals surface area (Å²) in [5, 5.41) is 11.2. The number of hydrogen-bond donors (Lipinski definition) is 2. The van der Waals surface area contributed by atoms with Gasteiger partial charge >= 0.3 is 0 Å². The number of nitrogens with one attached hydrogen (secondary N) is 1. The van der Waals surface area contributed by atoms with Crippen LogP contribution in [0.3, 0.4) is 0 Å². The van der Waals surface area contributed by atoms with Crippen molar-refractivity contribution in [3.63, 3.8) is 0 Å². The molecule has 1 unspecified atom stereocenters. The van der Waals surface area contributed by atoms with Gasteiger partial charge in [-0.25, -0.2) is 0 Å². The van der Waals surface area contributed by atoms with Crippen LogP contribution in [-0.4, -0.2) is 42.7 Å². The van der Waals surface area contributed by atoms with Crippen LogP contribution in [0.4, 0.5) is 5.69 Å². The van der Waals surface area contributed by atoms with Crippen molar-refractivity contribution in [2.75, 3.05) is 24.6 Å². The van der Waals surface area contributed by atoms with Gasteiger partial charge in [0.1, 0.15) is 12.3 Å². The summed E-state index contributed by atoms with van der Waals surface area (Å²) in [5.41, 5.74) is 0.598. The maximum absolute atomic E-state index is 12.3. The molecule has 1 heterocycles. The van der Waals surface area contributed by atoms with Crippen LogP contribution in [0, 0.1) is 0 Å². The number of fused-ring (bicyclic) bond motifs is 1. The topological polar surface area (TPSA) is 78.9 Å². The first kappa shape index (κ1) is 14.3. The molecule has 0 saturated heterocycles. The van der Waals surface area contributed by atoms with Gasteiger partial charge in [0.2, 0.25) is 5.91 Å². The highest BCUT2D eigenvalue weighted by molar-refractivity contribution is 6.03. The molecule has 0 spiro atoms. The smallest absolute Gasteiger partial charge is 0.268 e. The summed E-state index contributed by atoms with van der Waals surface area (Å²) in [6.45, 7) is 1.84. The van der Waals surface area contributed by atoms with Crippen LogP contribution in [0.15, 0.2) is 24.3 Å². The first-order chi connectivity index (χ1) is 9.67. The number of carbonyl (C=O) groups is 2. The molecule has 108 valence electrons. The Morgan fingerprint density at radius 1 is 1.45 bits per heavy atom. The maximum Gasteiger partial charge on any atom is 0.268 e. The van der Waals surface area contributed by atoms with E-state index in [4.69, 9.17) is 9.84 Å². The fourth-order valence-electron chi connectivity index (χ4n) is 2.09. The number of aliphatic hydroxyl groups is 1. The van der Waals surface area contributed by atoms with Crippen LogP contribution in [0.2, 0.25) is 0 Å². The lowest BCUT2D eigenvalue weighted by Crippen LogP contribution is -2.49. The Hall–Kier alpha value is -2.08. The van der Waals surface area contributed by atoms with E-state index in [2.05, 4.69) is 5.32 Å². The van der Waals surface area contributed by atoms with Crippen molar-refractivity contribution >= 4 is 17.5 Å². The van der Waals surface area contributed by atoms with E-state index in [1.807, 2.05) is 13.0 Å². The van der Waals surface area contributed by atoms with Gasteiger partial charge in [0.25, 0.3) is 5.91 Å². The summed E-state index contributed by atoms with van der Waals surface area (Å²) in [4.78, 5) is 25.5. The maximum atomic E-state index is 12.3. The molecule has 0 aromatic heterocycles. The third-order valence-electron chi connectivity index (χ3n) is 3.07. The second-order valence-electron chi connectivity index (χ2n) is 4.48. The molecule has 2 rings (SSSR count). The number of hydrogen-bond acceptors (Lipinski definition) is 4. The van der Waals surface area contributed by atoms with Gasteiger partial charge in [-0.05, 0) is 18.6 Å². The number of carbonyl (C=O) groups excluding carboxylic acids is 2. The summed E-state index contributed by atoms with van der Waals surface area (Å²) in [5.74, 6) is 0.0817. The Bertz CT molecular complexity index is 504. The predicted octanol–water partition coefficient (Wildman–Crippen LogP) is 0.299. The Labute approximate surface area is 117 Å². The van der Waals surface area contributed by atoms with Crippen molar-refractivity contribution in [1.82, 2.24) is 5.32 Å². The minimum Gasteiger partial charge on any atom is -0.478 e. The second-order valence-corrected chi connectivity index (χ2v) is 4.48. The van der Waals surface area contributed by atoms with E-state index in [9.17, 15) is 9.59 Å². The second kappa shape index (κ2) is 6.38. The zero-order valence-corrected chi connectivity index (χ0v) is 11.3. The van der Waals surface area contributed by atoms with Gasteiger partial charge in [-0.2, -0.15) is 0 Å². The van der Waals surface area contributed by atoms with Gasteiger partial charge in [0.15, 0.2) is 6.10 Å². The highest BCUT2D eigenvalue weighted by atomic mass is 16.5. The molecule has 0 bridgehead atoms. The quantitative estimate of drug-likeness (QED) is 0.812. The van der Waals surface area contributed by atoms with Crippen LogP contribution >= 0.6 is 0 Å². The standard InChI is InChI=1S/C14H18N2O4/c1-2-11-14(19)16(9-13(18)15-7-8-17)10-5-3-4-6-12(10)20-11/h3-6,11,17H,2,7-9H2,1H3,(H,15,18). The number of amides is 2. The molecule has 2 N–H and O–H groups in total. The molecule has 0 radical (unpaired) electrons. The predicted molar refractivity (Wildman–Crippen MR) is 73.6 cm³/mol. The van der Waals surface area contributed by atoms with E-state index in [1.165, 1.54) is 4.90 Å². The first-order valence-electron chi connectivity index (χ1n) is 6.62. The molecule has 6 heteroatoms. The number of benzene rings is 1. The Balaban J connectivity index is 2.20. The summed E-state index contributed by atoms with van der Waals surface area (Å²) in [6, 6.07) is 7.15. The van der Waals surface area contributed by atoms with E-state index in [1.54, 1.807) is 18.2 Å². The van der Waals surface area contributed by atoms with Crippen molar-refractivity contribution in [3.05, 3.63) is 24.3 Å². The molecule has 20 heavy (non-hydrogen) atoms. The van der Waals surface area contributed by atoms with Gasteiger partial charge in [-0.3, -0.25) is 14.5 Å². The summed E-state index contributed by atoms with van der Waals surface area (Å²) >= 11 is 0. The van der Waals surface area contributed by atoms with Crippen LogP contribution < -0.4 is 15.0 Å². The SMILES string of the molecule is CCC1Oc2ccccc2N(CC(=O)NCCO)C1=O. The molecular weight excluding hydrogens is 260 g/mol. The van der Waals surface area contributed by atoms with Crippen LogP contribution in [0.5, 0.6) is 5.75 Å². The van der Waals surface area contributed by atoms with E-state index in [0.717, 1.165) is 0 Å². The summed E-state index contributed by atoms with van der Waals surface area (Å²) in [6.07, 6.45) is -0.0161. The highest BCUT2D eigenvalue weighted by Gasteiger charge is 2.33. The van der Waals surface area contributed by atoms with E-state index in [0.29, 0.717) is 17.9 Å². The van der Waals surface area contributed by atoms with E-state index < -0.39 is 6.10 Å². The van der Waals surface area contributed by atoms with Gasteiger partial charge in [0, 0.05) is 6.54 Å². The average molecular weight is 278 g/mol. The molecule has 1 aliphatic heterocycles. The van der Waals surface area contributed by atoms with Crippen molar-refractivity contribution in [2.24, 2.45) is 0 Å². The lowest BCUT2D eigenvalue weighted by Gasteiger charge is -2.33. The van der Waals surface area contributed by atoms with Crippen molar-refractivity contribution in [2.45, 2.75) is 19.4 Å². The van der Waals surface area contributed by atoms with Crippen molar-refractivity contribution < 1.29 is 19.4 Å². The minimum atomic E-state index is -0.560. The van der Waals surface area contributed by atoms with Crippen LogP contribution in [0.25, 0.3) is 0 Å². The number of aliphatic hydroxyl groups excluding tert-OH is 1. The number of anilines is 1. The highest BCUT2D eigenvalue weighted by Crippen LogP contribution is 2.34. The molecule has 0 saturated carbocycles. The summed E-state index contributed by atoms with van der Waals surface area (Å²) in [7, 11) is 0. The number of ether oxygens (including phenoxy) is 1. The molecule has 2 amide bonds. The minimum absolute atomic E-state index is 0.0737. The number of para-hydroxylation sites is 2. The largest absolute Gasteiger partial charge is 0.478 e. The molecule has 1 aromatic rings. The molecule has 1 atom stereocenters. The molecule has 6 nitrogen and oxygen atoms in total. The molecule has 0 aliphatic carbocycles. The van der Waals surface area contributed by atoms with Crippen molar-refractivity contribution in [3.8, 4) is 5.75 Å². The monoisotopic (exact) mass is 278 g/mol. The van der Waals surface area contributed by atoms with E-state index >= 15 is 0 Å². The van der Waals surface area contributed by atoms with Crippen LogP contribution in [-0.2, 0) is 9.59 Å². The number of nitrogens with zero attached hydrogens (tertiary/aromatic N) is 1. The third-order valence-corrected chi connectivity index (χ3v) is 3.07. The normalized spacial score (nSPS) is 17.4. The average Bonchev–Trinajstić information content (AvgIpc) is 2.47.